The molecule has 26 heavy (non-hydrogen) atoms. The summed E-state index contributed by atoms with van der Waals surface area (Å²) in [6.45, 7) is 9.00. The van der Waals surface area contributed by atoms with E-state index in [1.54, 1.807) is 4.57 Å². The highest BCUT2D eigenvalue weighted by Gasteiger charge is 2.15. The van der Waals surface area contributed by atoms with E-state index in [9.17, 15) is 4.79 Å². The summed E-state index contributed by atoms with van der Waals surface area (Å²) in [6.07, 6.45) is 0.922. The standard InChI is InChI=1S/C19H24N4O2S/c1-12(2)9-10-23-18(24)14-7-5-6-8-15(14)20-19(23)26-11-16-21-17(13(3)4)22-25-16/h5-8,12-13H,9-11H2,1-4H3. The Morgan fingerprint density at radius 1 is 1.15 bits per heavy atom. The first-order chi connectivity index (χ1) is 12.5. The third-order valence-corrected chi connectivity index (χ3v) is 5.04. The predicted molar refractivity (Wildman–Crippen MR) is 103 cm³/mol. The minimum Gasteiger partial charge on any atom is -0.338 e. The minimum atomic E-state index is 0.00662. The van der Waals surface area contributed by atoms with Crippen LogP contribution in [0.1, 0.15) is 51.7 Å². The molecule has 7 heteroatoms. The lowest BCUT2D eigenvalue weighted by molar-refractivity contribution is 0.382. The van der Waals surface area contributed by atoms with Crippen molar-refractivity contribution in [3.05, 3.63) is 46.3 Å². The Morgan fingerprint density at radius 2 is 1.92 bits per heavy atom. The molecule has 6 nitrogen and oxygen atoms in total. The van der Waals surface area contributed by atoms with Crippen LogP contribution in [0.3, 0.4) is 0 Å². The zero-order valence-corrected chi connectivity index (χ0v) is 16.4. The van der Waals surface area contributed by atoms with Crippen molar-refractivity contribution in [3.63, 3.8) is 0 Å². The van der Waals surface area contributed by atoms with Crippen LogP contribution in [-0.2, 0) is 12.3 Å². The molecule has 0 saturated heterocycles. The molecule has 0 N–H and O–H groups in total. The van der Waals surface area contributed by atoms with Crippen molar-refractivity contribution in [1.82, 2.24) is 19.7 Å². The fourth-order valence-electron chi connectivity index (χ4n) is 2.53. The predicted octanol–water partition coefficient (Wildman–Crippen LogP) is 4.24. The van der Waals surface area contributed by atoms with Crippen LogP contribution in [0.5, 0.6) is 0 Å². The Labute approximate surface area is 157 Å². The summed E-state index contributed by atoms with van der Waals surface area (Å²) >= 11 is 1.46. The molecule has 2 heterocycles. The lowest BCUT2D eigenvalue weighted by Crippen LogP contribution is -2.24. The maximum Gasteiger partial charge on any atom is 0.262 e. The van der Waals surface area contributed by atoms with E-state index in [0.29, 0.717) is 46.0 Å². The Morgan fingerprint density at radius 3 is 2.62 bits per heavy atom. The van der Waals surface area contributed by atoms with Crippen molar-refractivity contribution in [2.45, 2.75) is 57.5 Å². The van der Waals surface area contributed by atoms with Crippen molar-refractivity contribution in [2.75, 3.05) is 0 Å². The Balaban J connectivity index is 1.91. The van der Waals surface area contributed by atoms with Crippen LogP contribution < -0.4 is 5.56 Å². The van der Waals surface area contributed by atoms with E-state index in [0.717, 1.165) is 6.42 Å². The lowest BCUT2D eigenvalue weighted by Gasteiger charge is -2.13. The molecule has 0 amide bonds. The quantitative estimate of drug-likeness (QED) is 0.456. The van der Waals surface area contributed by atoms with Crippen LogP contribution in [0, 0.1) is 5.92 Å². The van der Waals surface area contributed by atoms with Gasteiger partial charge < -0.3 is 4.52 Å². The van der Waals surface area contributed by atoms with Gasteiger partial charge in [0.25, 0.3) is 5.56 Å². The molecule has 0 aliphatic heterocycles. The van der Waals surface area contributed by atoms with Crippen molar-refractivity contribution in [3.8, 4) is 0 Å². The van der Waals surface area contributed by atoms with E-state index in [1.807, 2.05) is 38.1 Å². The molecule has 1 aromatic carbocycles. The summed E-state index contributed by atoms with van der Waals surface area (Å²) in [5.41, 5.74) is 0.723. The van der Waals surface area contributed by atoms with Crippen molar-refractivity contribution in [2.24, 2.45) is 5.92 Å². The number of hydrogen-bond donors (Lipinski definition) is 0. The van der Waals surface area contributed by atoms with Crippen LogP contribution in [0.15, 0.2) is 38.7 Å². The normalized spacial score (nSPS) is 11.8. The summed E-state index contributed by atoms with van der Waals surface area (Å²) < 4.78 is 7.08. The Hall–Kier alpha value is -2.15. The first kappa shape index (κ1) is 18.6. The van der Waals surface area contributed by atoms with Crippen LogP contribution in [0.4, 0.5) is 0 Å². The molecule has 0 atom stereocenters. The van der Waals surface area contributed by atoms with Gasteiger partial charge in [0.2, 0.25) is 5.89 Å². The van der Waals surface area contributed by atoms with E-state index in [-0.39, 0.29) is 11.5 Å². The van der Waals surface area contributed by atoms with Gasteiger partial charge in [0.1, 0.15) is 0 Å². The SMILES string of the molecule is CC(C)CCn1c(SCc2nc(C(C)C)no2)nc2ccccc2c1=O. The molecule has 2 aromatic heterocycles. The number of benzene rings is 1. The summed E-state index contributed by atoms with van der Waals surface area (Å²) in [4.78, 5) is 22.0. The molecular formula is C19H24N4O2S. The molecule has 0 aliphatic rings. The average Bonchev–Trinajstić information content (AvgIpc) is 3.08. The molecule has 3 rings (SSSR count). The number of para-hydroxylation sites is 1. The van der Waals surface area contributed by atoms with Gasteiger partial charge in [0, 0.05) is 12.5 Å². The molecule has 0 saturated carbocycles. The van der Waals surface area contributed by atoms with Gasteiger partial charge in [-0.25, -0.2) is 4.98 Å². The molecule has 3 aromatic rings. The number of nitrogens with zero attached hydrogens (tertiary/aromatic N) is 4. The minimum absolute atomic E-state index is 0.00662. The highest BCUT2D eigenvalue weighted by Crippen LogP contribution is 2.23. The first-order valence-corrected chi connectivity index (χ1v) is 9.89. The zero-order chi connectivity index (χ0) is 18.7. The fraction of sp³-hybridized carbons (Fsp3) is 0.474. The largest absolute Gasteiger partial charge is 0.338 e. The van der Waals surface area contributed by atoms with Gasteiger partial charge in [-0.2, -0.15) is 4.98 Å². The monoisotopic (exact) mass is 372 g/mol. The van der Waals surface area contributed by atoms with E-state index >= 15 is 0 Å². The maximum atomic E-state index is 12.9. The second-order valence-corrected chi connectivity index (χ2v) is 7.98. The van der Waals surface area contributed by atoms with Gasteiger partial charge in [0.05, 0.1) is 16.7 Å². The van der Waals surface area contributed by atoms with Gasteiger partial charge in [-0.05, 0) is 24.5 Å². The van der Waals surface area contributed by atoms with Crippen molar-refractivity contribution < 1.29 is 4.52 Å². The Bertz CT molecular complexity index is 946. The maximum absolute atomic E-state index is 12.9. The molecule has 0 unspecified atom stereocenters. The summed E-state index contributed by atoms with van der Waals surface area (Å²) in [7, 11) is 0. The van der Waals surface area contributed by atoms with Crippen molar-refractivity contribution in [1.29, 1.82) is 0 Å². The second-order valence-electron chi connectivity index (χ2n) is 7.04. The summed E-state index contributed by atoms with van der Waals surface area (Å²) in [5.74, 6) is 2.48. The van der Waals surface area contributed by atoms with Crippen LogP contribution in [-0.4, -0.2) is 19.7 Å². The van der Waals surface area contributed by atoms with E-state index < -0.39 is 0 Å². The zero-order valence-electron chi connectivity index (χ0n) is 15.6. The molecule has 0 radical (unpaired) electrons. The lowest BCUT2D eigenvalue weighted by atomic mass is 10.1. The van der Waals surface area contributed by atoms with Gasteiger partial charge in [-0.3, -0.25) is 9.36 Å². The molecule has 0 aliphatic carbocycles. The van der Waals surface area contributed by atoms with E-state index in [4.69, 9.17) is 9.51 Å². The fourth-order valence-corrected chi connectivity index (χ4v) is 3.39. The molecule has 0 spiro atoms. The molecule has 138 valence electrons. The Kier molecular flexibility index (Phi) is 5.76. The highest BCUT2D eigenvalue weighted by atomic mass is 32.2. The molecule has 0 fully saturated rings. The van der Waals surface area contributed by atoms with Crippen LogP contribution in [0.25, 0.3) is 10.9 Å². The van der Waals surface area contributed by atoms with Gasteiger partial charge in [0.15, 0.2) is 11.0 Å². The number of fused-ring (bicyclic) bond motifs is 1. The number of hydrogen-bond acceptors (Lipinski definition) is 6. The van der Waals surface area contributed by atoms with Crippen LogP contribution in [0.2, 0.25) is 0 Å². The average molecular weight is 372 g/mol. The van der Waals surface area contributed by atoms with E-state index in [1.165, 1.54) is 11.8 Å². The topological polar surface area (TPSA) is 73.8 Å². The first-order valence-electron chi connectivity index (χ1n) is 8.90. The smallest absolute Gasteiger partial charge is 0.262 e. The van der Waals surface area contributed by atoms with Crippen LogP contribution >= 0.6 is 11.8 Å². The molecule has 0 bridgehead atoms. The van der Waals surface area contributed by atoms with Crippen molar-refractivity contribution >= 4 is 22.7 Å². The van der Waals surface area contributed by atoms with Gasteiger partial charge in [-0.1, -0.05) is 56.7 Å². The number of aromatic nitrogens is 4. The highest BCUT2D eigenvalue weighted by molar-refractivity contribution is 7.98. The second kappa shape index (κ2) is 8.03. The van der Waals surface area contributed by atoms with Gasteiger partial charge in [-0.15, -0.1) is 0 Å². The van der Waals surface area contributed by atoms with E-state index in [2.05, 4.69) is 24.0 Å². The number of rotatable bonds is 7. The third-order valence-electron chi connectivity index (χ3n) is 4.08. The molecular weight excluding hydrogens is 348 g/mol. The number of thioether (sulfide) groups is 1. The summed E-state index contributed by atoms with van der Waals surface area (Å²) in [6, 6.07) is 7.47. The third kappa shape index (κ3) is 4.15. The summed E-state index contributed by atoms with van der Waals surface area (Å²) in [5, 5.41) is 5.34. The van der Waals surface area contributed by atoms with Gasteiger partial charge >= 0.3 is 0 Å².